The summed E-state index contributed by atoms with van der Waals surface area (Å²) in [5.41, 5.74) is 1.36. The molecule has 5 nitrogen and oxygen atoms in total. The Morgan fingerprint density at radius 2 is 1.75 bits per heavy atom. The zero-order chi connectivity index (χ0) is 20.3. The third-order valence-corrected chi connectivity index (χ3v) is 6.17. The van der Waals surface area contributed by atoms with E-state index in [0.29, 0.717) is 16.1 Å². The third kappa shape index (κ3) is 4.25. The minimum atomic E-state index is -0.409. The van der Waals surface area contributed by atoms with Crippen LogP contribution in [0.5, 0.6) is 0 Å². The van der Waals surface area contributed by atoms with Gasteiger partial charge in [-0.3, -0.25) is 14.2 Å². The highest BCUT2D eigenvalue weighted by Gasteiger charge is 2.21. The van der Waals surface area contributed by atoms with Gasteiger partial charge in [0.2, 0.25) is 5.91 Å². The number of carbonyl (C=O) groups excluding carboxylic acids is 1. The van der Waals surface area contributed by atoms with Gasteiger partial charge in [-0.05, 0) is 51.3 Å². The van der Waals surface area contributed by atoms with E-state index < -0.39 is 5.25 Å². The number of nitrogens with zero attached hydrogens (tertiary/aromatic N) is 2. The summed E-state index contributed by atoms with van der Waals surface area (Å²) in [5, 5.41) is 3.72. The van der Waals surface area contributed by atoms with Gasteiger partial charge in [-0.25, -0.2) is 4.98 Å². The normalized spacial score (nSPS) is 12.3. The fourth-order valence-electron chi connectivity index (χ4n) is 2.86. The quantitative estimate of drug-likeness (QED) is 0.464. The molecule has 0 aliphatic rings. The maximum Gasteiger partial charge on any atom is 0.262 e. The molecule has 1 amide bonds. The highest BCUT2D eigenvalue weighted by Crippen LogP contribution is 2.28. The average molecular weight is 414 g/mol. The first-order valence-corrected chi connectivity index (χ1v) is 11.1. The second-order valence-corrected chi connectivity index (χ2v) is 8.79. The molecule has 0 saturated carbocycles. The van der Waals surface area contributed by atoms with Crippen LogP contribution >= 0.6 is 23.5 Å². The van der Waals surface area contributed by atoms with Gasteiger partial charge in [0.1, 0.15) is 0 Å². The van der Waals surface area contributed by atoms with E-state index in [0.717, 1.165) is 10.6 Å². The van der Waals surface area contributed by atoms with Crippen molar-refractivity contribution in [2.24, 2.45) is 0 Å². The SMILES string of the molecule is CSc1ccccc1NC(=O)C(C)Sc1nc2ccccc2c(=O)n1C(C)C. The summed E-state index contributed by atoms with van der Waals surface area (Å²) in [4.78, 5) is 31.4. The number of para-hydroxylation sites is 2. The number of nitrogens with one attached hydrogen (secondary N) is 1. The summed E-state index contributed by atoms with van der Waals surface area (Å²) >= 11 is 2.88. The zero-order valence-electron chi connectivity index (χ0n) is 16.3. The van der Waals surface area contributed by atoms with Gasteiger partial charge in [0.05, 0.1) is 21.8 Å². The second kappa shape index (κ2) is 8.84. The molecule has 0 aliphatic heterocycles. The van der Waals surface area contributed by atoms with Crippen molar-refractivity contribution in [3.05, 3.63) is 58.9 Å². The van der Waals surface area contributed by atoms with Crippen LogP contribution in [0.1, 0.15) is 26.8 Å². The number of hydrogen-bond acceptors (Lipinski definition) is 5. The number of aromatic nitrogens is 2. The van der Waals surface area contributed by atoms with Gasteiger partial charge in [0.25, 0.3) is 5.56 Å². The molecular weight excluding hydrogens is 390 g/mol. The molecule has 3 aromatic rings. The van der Waals surface area contributed by atoms with E-state index in [-0.39, 0.29) is 17.5 Å². The molecule has 1 N–H and O–H groups in total. The van der Waals surface area contributed by atoms with Crippen LogP contribution in [-0.4, -0.2) is 27.0 Å². The number of rotatable bonds is 6. The van der Waals surface area contributed by atoms with Crippen LogP contribution in [0, 0.1) is 0 Å². The van der Waals surface area contributed by atoms with Crippen LogP contribution < -0.4 is 10.9 Å². The van der Waals surface area contributed by atoms with Crippen molar-refractivity contribution in [2.75, 3.05) is 11.6 Å². The van der Waals surface area contributed by atoms with E-state index in [4.69, 9.17) is 0 Å². The molecule has 0 bridgehead atoms. The highest BCUT2D eigenvalue weighted by atomic mass is 32.2. The molecule has 1 aromatic heterocycles. The van der Waals surface area contributed by atoms with E-state index in [1.165, 1.54) is 11.8 Å². The van der Waals surface area contributed by atoms with Crippen molar-refractivity contribution in [1.82, 2.24) is 9.55 Å². The lowest BCUT2D eigenvalue weighted by Gasteiger charge is -2.19. The summed E-state index contributed by atoms with van der Waals surface area (Å²) in [7, 11) is 0. The minimum absolute atomic E-state index is 0.0559. The number of anilines is 1. The molecule has 2 aromatic carbocycles. The molecule has 0 saturated heterocycles. The Balaban J connectivity index is 1.90. The van der Waals surface area contributed by atoms with Crippen molar-refractivity contribution in [3.63, 3.8) is 0 Å². The zero-order valence-corrected chi connectivity index (χ0v) is 17.9. The first-order chi connectivity index (χ1) is 13.4. The van der Waals surface area contributed by atoms with Crippen LogP contribution in [-0.2, 0) is 4.79 Å². The lowest BCUT2D eigenvalue weighted by molar-refractivity contribution is -0.115. The van der Waals surface area contributed by atoms with Gasteiger partial charge in [-0.1, -0.05) is 36.0 Å². The first kappa shape index (κ1) is 20.5. The fourth-order valence-corrected chi connectivity index (χ4v) is 4.45. The predicted molar refractivity (Wildman–Crippen MR) is 119 cm³/mol. The Labute approximate surface area is 172 Å². The minimum Gasteiger partial charge on any atom is -0.324 e. The smallest absolute Gasteiger partial charge is 0.262 e. The molecule has 1 unspecified atom stereocenters. The number of carbonyl (C=O) groups is 1. The van der Waals surface area contributed by atoms with E-state index in [9.17, 15) is 9.59 Å². The Kier molecular flexibility index (Phi) is 6.46. The lowest BCUT2D eigenvalue weighted by Crippen LogP contribution is -2.28. The number of benzene rings is 2. The molecule has 3 rings (SSSR count). The molecule has 1 atom stereocenters. The van der Waals surface area contributed by atoms with Crippen LogP contribution in [0.2, 0.25) is 0 Å². The first-order valence-electron chi connectivity index (χ1n) is 9.04. The summed E-state index contributed by atoms with van der Waals surface area (Å²) in [6.45, 7) is 5.72. The van der Waals surface area contributed by atoms with Gasteiger partial charge < -0.3 is 5.32 Å². The number of hydrogen-bond donors (Lipinski definition) is 1. The molecule has 146 valence electrons. The maximum atomic E-state index is 12.9. The average Bonchev–Trinajstić information content (AvgIpc) is 2.68. The van der Waals surface area contributed by atoms with E-state index in [1.807, 2.05) is 69.5 Å². The third-order valence-electron chi connectivity index (χ3n) is 4.31. The van der Waals surface area contributed by atoms with E-state index in [2.05, 4.69) is 10.3 Å². The summed E-state index contributed by atoms with van der Waals surface area (Å²) < 4.78 is 1.66. The van der Waals surface area contributed by atoms with Crippen LogP contribution in [0.3, 0.4) is 0 Å². The van der Waals surface area contributed by atoms with Gasteiger partial charge in [-0.2, -0.15) is 0 Å². The standard InChI is InChI=1S/C21H23N3O2S2/c1-13(2)24-20(26)15-9-5-6-10-16(15)23-21(24)28-14(3)19(25)22-17-11-7-8-12-18(17)27-4/h5-14H,1-4H3,(H,22,25). The Morgan fingerprint density at radius 1 is 1.07 bits per heavy atom. The lowest BCUT2D eigenvalue weighted by atomic mass is 10.2. The summed E-state index contributed by atoms with van der Waals surface area (Å²) in [6.07, 6.45) is 1.98. The Morgan fingerprint density at radius 3 is 2.46 bits per heavy atom. The van der Waals surface area contributed by atoms with Crippen molar-refractivity contribution < 1.29 is 4.79 Å². The predicted octanol–water partition coefficient (Wildman–Crippen LogP) is 4.82. The largest absolute Gasteiger partial charge is 0.324 e. The molecule has 0 radical (unpaired) electrons. The summed E-state index contributed by atoms with van der Waals surface area (Å²) in [6, 6.07) is 15.0. The van der Waals surface area contributed by atoms with Crippen molar-refractivity contribution in [3.8, 4) is 0 Å². The van der Waals surface area contributed by atoms with Crippen LogP contribution in [0.15, 0.2) is 63.4 Å². The second-order valence-electron chi connectivity index (χ2n) is 6.63. The molecule has 0 aliphatic carbocycles. The maximum absolute atomic E-state index is 12.9. The Bertz CT molecular complexity index is 1060. The number of thioether (sulfide) groups is 2. The van der Waals surface area contributed by atoms with Crippen molar-refractivity contribution >= 4 is 46.0 Å². The van der Waals surface area contributed by atoms with E-state index in [1.54, 1.807) is 22.4 Å². The molecule has 0 spiro atoms. The molecule has 7 heteroatoms. The highest BCUT2D eigenvalue weighted by molar-refractivity contribution is 8.00. The van der Waals surface area contributed by atoms with Gasteiger partial charge in [-0.15, -0.1) is 11.8 Å². The Hall–Kier alpha value is -2.25. The van der Waals surface area contributed by atoms with Gasteiger partial charge in [0, 0.05) is 10.9 Å². The molecule has 0 fully saturated rings. The van der Waals surface area contributed by atoms with Gasteiger partial charge in [0.15, 0.2) is 5.16 Å². The number of fused-ring (bicyclic) bond motifs is 1. The number of amides is 1. The van der Waals surface area contributed by atoms with Crippen LogP contribution in [0.4, 0.5) is 5.69 Å². The topological polar surface area (TPSA) is 64.0 Å². The molecule has 1 heterocycles. The summed E-state index contributed by atoms with van der Waals surface area (Å²) in [5.74, 6) is -0.121. The molecular formula is C21H23N3O2S2. The van der Waals surface area contributed by atoms with Crippen molar-refractivity contribution in [2.45, 2.75) is 42.1 Å². The fraction of sp³-hybridized carbons (Fsp3) is 0.286. The van der Waals surface area contributed by atoms with Gasteiger partial charge >= 0.3 is 0 Å². The molecule has 28 heavy (non-hydrogen) atoms. The van der Waals surface area contributed by atoms with E-state index >= 15 is 0 Å². The monoisotopic (exact) mass is 413 g/mol. The van der Waals surface area contributed by atoms with Crippen molar-refractivity contribution in [1.29, 1.82) is 0 Å². The van der Waals surface area contributed by atoms with Crippen LogP contribution in [0.25, 0.3) is 10.9 Å².